The highest BCUT2D eigenvalue weighted by atomic mass is 19.1. The molecule has 3 heteroatoms. The van der Waals surface area contributed by atoms with Crippen LogP contribution in [0.1, 0.15) is 24.8 Å². The van der Waals surface area contributed by atoms with Crippen LogP contribution >= 0.6 is 0 Å². The van der Waals surface area contributed by atoms with Crippen molar-refractivity contribution in [3.05, 3.63) is 29.6 Å². The number of rotatable bonds is 6. The Kier molecular flexibility index (Phi) is 3.78. The first-order valence-corrected chi connectivity index (χ1v) is 5.91. The van der Waals surface area contributed by atoms with E-state index in [4.69, 9.17) is 10.5 Å². The minimum absolute atomic E-state index is 0.254. The van der Waals surface area contributed by atoms with Crippen LogP contribution in [-0.4, -0.2) is 13.2 Å². The summed E-state index contributed by atoms with van der Waals surface area (Å²) in [6, 6.07) is 5.20. The van der Waals surface area contributed by atoms with Crippen LogP contribution in [0.2, 0.25) is 0 Å². The average molecular weight is 223 g/mol. The van der Waals surface area contributed by atoms with Crippen molar-refractivity contribution >= 4 is 0 Å². The number of benzene rings is 1. The lowest BCUT2D eigenvalue weighted by molar-refractivity contribution is 0.285. The molecule has 1 aromatic carbocycles. The molecule has 0 radical (unpaired) electrons. The van der Waals surface area contributed by atoms with Crippen LogP contribution in [0.5, 0.6) is 5.75 Å². The van der Waals surface area contributed by atoms with Crippen LogP contribution in [-0.2, 0) is 6.42 Å². The van der Waals surface area contributed by atoms with Gasteiger partial charge in [-0.15, -0.1) is 0 Å². The molecule has 88 valence electrons. The molecule has 1 aromatic rings. The van der Waals surface area contributed by atoms with Crippen molar-refractivity contribution in [2.45, 2.75) is 25.7 Å². The maximum absolute atomic E-state index is 13.6. The summed E-state index contributed by atoms with van der Waals surface area (Å²) in [5.74, 6) is 0.773. The minimum atomic E-state index is -0.254. The van der Waals surface area contributed by atoms with Crippen LogP contribution < -0.4 is 10.5 Å². The fraction of sp³-hybridized carbons (Fsp3) is 0.538. The lowest BCUT2D eigenvalue weighted by Gasteiger charge is -2.07. The van der Waals surface area contributed by atoms with E-state index in [1.807, 2.05) is 6.07 Å². The zero-order valence-corrected chi connectivity index (χ0v) is 9.42. The molecule has 0 spiro atoms. The summed E-state index contributed by atoms with van der Waals surface area (Å²) in [6.45, 7) is 1.29. The Hall–Kier alpha value is -1.09. The van der Waals surface area contributed by atoms with Gasteiger partial charge in [0.25, 0.3) is 0 Å². The highest BCUT2D eigenvalue weighted by Crippen LogP contribution is 2.30. The largest absolute Gasteiger partial charge is 0.490 e. The van der Waals surface area contributed by atoms with E-state index in [0.717, 1.165) is 18.4 Å². The second kappa shape index (κ2) is 5.30. The summed E-state index contributed by atoms with van der Waals surface area (Å²) in [7, 11) is 0. The first-order valence-electron chi connectivity index (χ1n) is 5.91. The van der Waals surface area contributed by atoms with E-state index >= 15 is 0 Å². The SMILES string of the molecule is NCCCc1ccc(OCC2CC2)c(F)c1. The lowest BCUT2D eigenvalue weighted by atomic mass is 10.1. The van der Waals surface area contributed by atoms with E-state index in [1.165, 1.54) is 12.8 Å². The average Bonchev–Trinajstić information content (AvgIpc) is 3.09. The molecule has 1 aliphatic carbocycles. The van der Waals surface area contributed by atoms with Gasteiger partial charge in [-0.2, -0.15) is 0 Å². The van der Waals surface area contributed by atoms with Gasteiger partial charge in [-0.25, -0.2) is 4.39 Å². The zero-order chi connectivity index (χ0) is 11.4. The van der Waals surface area contributed by atoms with E-state index in [0.29, 0.717) is 24.8 Å². The van der Waals surface area contributed by atoms with Crippen LogP contribution in [0, 0.1) is 11.7 Å². The molecule has 0 saturated heterocycles. The van der Waals surface area contributed by atoms with Crippen molar-refractivity contribution in [3.63, 3.8) is 0 Å². The molecule has 2 N–H and O–H groups in total. The monoisotopic (exact) mass is 223 g/mol. The molecule has 16 heavy (non-hydrogen) atoms. The number of ether oxygens (including phenoxy) is 1. The predicted octanol–water partition coefficient (Wildman–Crippen LogP) is 2.51. The van der Waals surface area contributed by atoms with Gasteiger partial charge in [-0.1, -0.05) is 6.07 Å². The fourth-order valence-electron chi connectivity index (χ4n) is 1.62. The molecule has 1 saturated carbocycles. The highest BCUT2D eigenvalue weighted by Gasteiger charge is 2.22. The molecule has 2 nitrogen and oxygen atoms in total. The molecule has 1 fully saturated rings. The molecule has 0 bridgehead atoms. The van der Waals surface area contributed by atoms with Crippen molar-refractivity contribution in [2.24, 2.45) is 11.7 Å². The van der Waals surface area contributed by atoms with Crippen molar-refractivity contribution in [3.8, 4) is 5.75 Å². The number of hydrogen-bond donors (Lipinski definition) is 1. The Bertz CT molecular complexity index is 350. The molecule has 0 unspecified atom stereocenters. The number of hydrogen-bond acceptors (Lipinski definition) is 2. The second-order valence-electron chi connectivity index (χ2n) is 4.41. The Morgan fingerprint density at radius 3 is 2.81 bits per heavy atom. The molecular formula is C13H18FNO. The van der Waals surface area contributed by atoms with Gasteiger partial charge in [0.15, 0.2) is 11.6 Å². The van der Waals surface area contributed by atoms with E-state index in [2.05, 4.69) is 0 Å². The van der Waals surface area contributed by atoms with E-state index in [-0.39, 0.29) is 5.82 Å². The Morgan fingerprint density at radius 1 is 1.38 bits per heavy atom. The quantitative estimate of drug-likeness (QED) is 0.804. The smallest absolute Gasteiger partial charge is 0.165 e. The maximum Gasteiger partial charge on any atom is 0.165 e. The van der Waals surface area contributed by atoms with Gasteiger partial charge in [0.05, 0.1) is 6.61 Å². The van der Waals surface area contributed by atoms with Crippen molar-refractivity contribution in [1.82, 2.24) is 0 Å². The van der Waals surface area contributed by atoms with Gasteiger partial charge in [-0.05, 0) is 55.8 Å². The second-order valence-corrected chi connectivity index (χ2v) is 4.41. The molecule has 0 heterocycles. The first kappa shape index (κ1) is 11.4. The van der Waals surface area contributed by atoms with Gasteiger partial charge >= 0.3 is 0 Å². The predicted molar refractivity (Wildman–Crippen MR) is 62.0 cm³/mol. The van der Waals surface area contributed by atoms with Gasteiger partial charge < -0.3 is 10.5 Å². The number of halogens is 1. The Labute approximate surface area is 95.6 Å². The summed E-state index contributed by atoms with van der Waals surface area (Å²) in [5, 5.41) is 0. The molecule has 1 aliphatic rings. The maximum atomic E-state index is 13.6. The summed E-state index contributed by atoms with van der Waals surface area (Å²) >= 11 is 0. The highest BCUT2D eigenvalue weighted by molar-refractivity contribution is 5.29. The van der Waals surface area contributed by atoms with Crippen LogP contribution in [0.3, 0.4) is 0 Å². The zero-order valence-electron chi connectivity index (χ0n) is 9.42. The van der Waals surface area contributed by atoms with Crippen LogP contribution in [0.15, 0.2) is 18.2 Å². The van der Waals surface area contributed by atoms with Crippen molar-refractivity contribution < 1.29 is 9.13 Å². The number of nitrogens with two attached hydrogens (primary N) is 1. The topological polar surface area (TPSA) is 35.2 Å². The third-order valence-corrected chi connectivity index (χ3v) is 2.84. The molecule has 0 aliphatic heterocycles. The summed E-state index contributed by atoms with van der Waals surface area (Å²) in [5.41, 5.74) is 6.40. The molecular weight excluding hydrogens is 205 g/mol. The third-order valence-electron chi connectivity index (χ3n) is 2.84. The van der Waals surface area contributed by atoms with Crippen LogP contribution in [0.25, 0.3) is 0 Å². The molecule has 0 atom stereocenters. The summed E-state index contributed by atoms with van der Waals surface area (Å²) in [6.07, 6.45) is 4.16. The van der Waals surface area contributed by atoms with Crippen LogP contribution in [0.4, 0.5) is 4.39 Å². The minimum Gasteiger partial charge on any atom is -0.490 e. The third kappa shape index (κ3) is 3.20. The van der Waals surface area contributed by atoms with Gasteiger partial charge in [0.2, 0.25) is 0 Å². The van der Waals surface area contributed by atoms with Gasteiger partial charge in [0.1, 0.15) is 0 Å². The first-order chi connectivity index (χ1) is 7.79. The van der Waals surface area contributed by atoms with Gasteiger partial charge in [0, 0.05) is 0 Å². The molecule has 2 rings (SSSR count). The Morgan fingerprint density at radius 2 is 2.19 bits per heavy atom. The normalized spacial score (nSPS) is 15.1. The summed E-state index contributed by atoms with van der Waals surface area (Å²) < 4.78 is 19.0. The molecule has 0 aromatic heterocycles. The van der Waals surface area contributed by atoms with E-state index < -0.39 is 0 Å². The standard InChI is InChI=1S/C13H18FNO/c14-12-8-10(2-1-7-15)5-6-13(12)16-9-11-3-4-11/h5-6,8,11H,1-4,7,9,15H2. The number of aryl methyl sites for hydroxylation is 1. The fourth-order valence-corrected chi connectivity index (χ4v) is 1.62. The van der Waals surface area contributed by atoms with Gasteiger partial charge in [-0.3, -0.25) is 0 Å². The van der Waals surface area contributed by atoms with E-state index in [9.17, 15) is 4.39 Å². The van der Waals surface area contributed by atoms with E-state index in [1.54, 1.807) is 12.1 Å². The Balaban J connectivity index is 1.92. The van der Waals surface area contributed by atoms with Crippen molar-refractivity contribution in [1.29, 1.82) is 0 Å². The summed E-state index contributed by atoms with van der Waals surface area (Å²) in [4.78, 5) is 0. The lowest BCUT2D eigenvalue weighted by Crippen LogP contribution is -2.03. The molecule has 0 amide bonds. The van der Waals surface area contributed by atoms with Crippen molar-refractivity contribution in [2.75, 3.05) is 13.2 Å².